The van der Waals surface area contributed by atoms with Gasteiger partial charge in [-0.3, -0.25) is 9.69 Å². The predicted molar refractivity (Wildman–Crippen MR) is 113 cm³/mol. The molecule has 0 unspecified atom stereocenters. The molecular weight excluding hydrogens is 370 g/mol. The third kappa shape index (κ3) is 3.11. The molecule has 1 aliphatic rings. The van der Waals surface area contributed by atoms with Crippen LogP contribution in [0.5, 0.6) is 0 Å². The Morgan fingerprint density at radius 2 is 2.00 bits per heavy atom. The van der Waals surface area contributed by atoms with Gasteiger partial charge in [0.25, 0.3) is 5.91 Å². The summed E-state index contributed by atoms with van der Waals surface area (Å²) in [6.07, 6.45) is 0.00993. The van der Waals surface area contributed by atoms with Gasteiger partial charge >= 0.3 is 0 Å². The molecule has 5 nitrogen and oxygen atoms in total. The second-order valence-electron chi connectivity index (χ2n) is 7.62. The lowest BCUT2D eigenvalue weighted by Crippen LogP contribution is -2.60. The molecule has 6 heteroatoms. The van der Waals surface area contributed by atoms with Gasteiger partial charge < -0.3 is 10.0 Å². The van der Waals surface area contributed by atoms with E-state index in [9.17, 15) is 9.90 Å². The van der Waals surface area contributed by atoms with Crippen LogP contribution in [-0.2, 0) is 5.54 Å². The number of fused-ring (bicyclic) bond motifs is 1. The third-order valence-corrected chi connectivity index (χ3v) is 6.74. The van der Waals surface area contributed by atoms with Crippen molar-refractivity contribution in [2.24, 2.45) is 0 Å². The number of hydrogen-bond donors (Lipinski definition) is 1. The van der Waals surface area contributed by atoms with Gasteiger partial charge in [0.05, 0.1) is 26.9 Å². The normalized spacial score (nSPS) is 22.8. The van der Waals surface area contributed by atoms with E-state index in [1.165, 1.54) is 0 Å². The number of carbonyl (C=O) groups is 1. The second kappa shape index (κ2) is 7.28. The van der Waals surface area contributed by atoms with Gasteiger partial charge in [-0.05, 0) is 51.2 Å². The summed E-state index contributed by atoms with van der Waals surface area (Å²) in [4.78, 5) is 21.4. The number of aliphatic hydroxyl groups is 1. The van der Waals surface area contributed by atoms with Crippen molar-refractivity contribution in [1.82, 2.24) is 14.8 Å². The molecule has 4 rings (SSSR count). The van der Waals surface area contributed by atoms with E-state index < -0.39 is 11.6 Å². The number of carbonyl (C=O) groups excluding carboxylic acids is 1. The number of β-amino-alcohol motifs (C(OH)–C–C–N with tert-alkyl or cyclic N) is 1. The Hall–Kier alpha value is -2.28. The van der Waals surface area contributed by atoms with Crippen LogP contribution in [0.15, 0.2) is 48.5 Å². The van der Waals surface area contributed by atoms with Crippen molar-refractivity contribution in [3.05, 3.63) is 64.7 Å². The highest BCUT2D eigenvalue weighted by molar-refractivity contribution is 7.18. The molecule has 2 heterocycles. The smallest absolute Gasteiger partial charge is 0.253 e. The summed E-state index contributed by atoms with van der Waals surface area (Å²) in [5.41, 5.74) is 2.17. The first-order valence-corrected chi connectivity index (χ1v) is 10.3. The number of likely N-dealkylation sites (N-methyl/N-ethyl adjacent to an activating group) is 1. The molecule has 1 fully saturated rings. The number of likely N-dealkylation sites (tertiary alicyclic amines) is 1. The molecule has 1 N–H and O–H groups in total. The zero-order chi connectivity index (χ0) is 19.9. The molecule has 1 aromatic heterocycles. The molecule has 1 amide bonds. The molecule has 146 valence electrons. The van der Waals surface area contributed by atoms with Crippen LogP contribution in [0.2, 0.25) is 0 Å². The molecule has 2 atom stereocenters. The fourth-order valence-corrected chi connectivity index (χ4v) is 5.17. The lowest BCUT2D eigenvalue weighted by Gasteiger charge is -2.49. The van der Waals surface area contributed by atoms with Gasteiger partial charge in [0.1, 0.15) is 0 Å². The number of piperidine rings is 1. The quantitative estimate of drug-likeness (QED) is 0.740. The van der Waals surface area contributed by atoms with Crippen molar-refractivity contribution in [1.29, 1.82) is 0 Å². The maximum atomic E-state index is 13.1. The van der Waals surface area contributed by atoms with Crippen LogP contribution >= 0.6 is 11.3 Å². The Labute approximate surface area is 169 Å². The van der Waals surface area contributed by atoms with Crippen molar-refractivity contribution < 1.29 is 9.90 Å². The fourth-order valence-electron chi connectivity index (χ4n) is 4.31. The lowest BCUT2D eigenvalue weighted by atomic mass is 9.77. The zero-order valence-electron chi connectivity index (χ0n) is 16.4. The van der Waals surface area contributed by atoms with Gasteiger partial charge in [0.15, 0.2) is 0 Å². The summed E-state index contributed by atoms with van der Waals surface area (Å²) < 4.78 is 1.02. The first-order valence-electron chi connectivity index (χ1n) is 9.49. The Morgan fingerprint density at radius 1 is 1.25 bits per heavy atom. The Bertz CT molecular complexity index is 1000. The van der Waals surface area contributed by atoms with Crippen LogP contribution in [-0.4, -0.2) is 59.1 Å². The minimum absolute atomic E-state index is 0.0348. The van der Waals surface area contributed by atoms with E-state index in [4.69, 9.17) is 0 Å². The summed E-state index contributed by atoms with van der Waals surface area (Å²) >= 11 is 1.59. The van der Waals surface area contributed by atoms with Crippen molar-refractivity contribution >= 4 is 27.5 Å². The van der Waals surface area contributed by atoms with Crippen LogP contribution in [0.25, 0.3) is 10.2 Å². The van der Waals surface area contributed by atoms with Gasteiger partial charge in [-0.2, -0.15) is 0 Å². The minimum atomic E-state index is -0.669. The second-order valence-corrected chi connectivity index (χ2v) is 8.85. The van der Waals surface area contributed by atoms with E-state index in [0.717, 1.165) is 20.8 Å². The standard InChI is InChI=1S/C22H25N3O2S/c1-15-23-18-10-9-16(13-19(18)28-15)21(27)25-12-11-22(24(2)3,20(26)14-25)17-7-5-4-6-8-17/h4-10,13,20,26H,11-12,14H2,1-3H3/t20-,22+/m1/s1. The van der Waals surface area contributed by atoms with E-state index in [0.29, 0.717) is 25.1 Å². The Kier molecular flexibility index (Phi) is 4.95. The minimum Gasteiger partial charge on any atom is -0.389 e. The number of nitrogens with zero attached hydrogens (tertiary/aromatic N) is 3. The third-order valence-electron chi connectivity index (χ3n) is 5.81. The number of aliphatic hydroxyl groups excluding tert-OH is 1. The van der Waals surface area contributed by atoms with E-state index in [1.807, 2.05) is 57.4 Å². The molecule has 3 aromatic rings. The van der Waals surface area contributed by atoms with E-state index >= 15 is 0 Å². The number of thiazole rings is 1. The van der Waals surface area contributed by atoms with Crippen LogP contribution in [0, 0.1) is 6.92 Å². The number of aryl methyl sites for hydroxylation is 1. The first kappa shape index (κ1) is 19.1. The topological polar surface area (TPSA) is 56.7 Å². The van der Waals surface area contributed by atoms with Crippen molar-refractivity contribution in [2.45, 2.75) is 25.0 Å². The number of rotatable bonds is 3. The van der Waals surface area contributed by atoms with Gasteiger partial charge in [-0.1, -0.05) is 30.3 Å². The lowest BCUT2D eigenvalue weighted by molar-refractivity contribution is -0.0612. The zero-order valence-corrected chi connectivity index (χ0v) is 17.2. The van der Waals surface area contributed by atoms with Gasteiger partial charge in [0, 0.05) is 18.7 Å². The van der Waals surface area contributed by atoms with Crippen molar-refractivity contribution in [3.8, 4) is 0 Å². The van der Waals surface area contributed by atoms with Gasteiger partial charge in [0.2, 0.25) is 0 Å². The summed E-state index contributed by atoms with van der Waals surface area (Å²) in [5, 5.41) is 12.1. The molecular formula is C22H25N3O2S. The highest BCUT2D eigenvalue weighted by Crippen LogP contribution is 2.38. The molecule has 0 saturated carbocycles. The highest BCUT2D eigenvalue weighted by atomic mass is 32.1. The summed E-state index contributed by atoms with van der Waals surface area (Å²) in [5.74, 6) is -0.0348. The molecule has 1 saturated heterocycles. The van der Waals surface area contributed by atoms with Crippen LogP contribution in [0.3, 0.4) is 0 Å². The maximum absolute atomic E-state index is 13.1. The fraction of sp³-hybridized carbons (Fsp3) is 0.364. The van der Waals surface area contributed by atoms with Crippen LogP contribution < -0.4 is 0 Å². The van der Waals surface area contributed by atoms with Crippen LogP contribution in [0.1, 0.15) is 27.3 Å². The first-order chi connectivity index (χ1) is 13.4. The average molecular weight is 396 g/mol. The van der Waals surface area contributed by atoms with E-state index in [1.54, 1.807) is 16.2 Å². The monoisotopic (exact) mass is 395 g/mol. The van der Waals surface area contributed by atoms with Gasteiger partial charge in [-0.25, -0.2) is 4.98 Å². The maximum Gasteiger partial charge on any atom is 0.253 e. The van der Waals surface area contributed by atoms with Gasteiger partial charge in [-0.15, -0.1) is 11.3 Å². The SMILES string of the molecule is Cc1nc2ccc(C(=O)N3CC[C@@](c4ccccc4)(N(C)C)[C@H](O)C3)cc2s1. The Morgan fingerprint density at radius 3 is 2.68 bits per heavy atom. The summed E-state index contributed by atoms with van der Waals surface area (Å²) in [6.45, 7) is 2.88. The summed E-state index contributed by atoms with van der Waals surface area (Å²) in [7, 11) is 3.99. The largest absolute Gasteiger partial charge is 0.389 e. The number of hydrogen-bond acceptors (Lipinski definition) is 5. The number of benzene rings is 2. The molecule has 0 spiro atoms. The Balaban J connectivity index is 1.59. The van der Waals surface area contributed by atoms with E-state index in [-0.39, 0.29) is 5.91 Å². The molecule has 28 heavy (non-hydrogen) atoms. The number of aromatic nitrogens is 1. The average Bonchev–Trinajstić information content (AvgIpc) is 3.07. The highest BCUT2D eigenvalue weighted by Gasteiger charge is 2.46. The van der Waals surface area contributed by atoms with Crippen molar-refractivity contribution in [2.75, 3.05) is 27.2 Å². The molecule has 0 aliphatic carbocycles. The molecule has 2 aromatic carbocycles. The van der Waals surface area contributed by atoms with E-state index in [2.05, 4.69) is 22.0 Å². The van der Waals surface area contributed by atoms with Crippen molar-refractivity contribution in [3.63, 3.8) is 0 Å². The number of amides is 1. The molecule has 1 aliphatic heterocycles. The molecule has 0 radical (unpaired) electrons. The summed E-state index contributed by atoms with van der Waals surface area (Å²) in [6, 6.07) is 15.7. The van der Waals surface area contributed by atoms with Crippen LogP contribution in [0.4, 0.5) is 0 Å². The predicted octanol–water partition coefficient (Wildman–Crippen LogP) is 3.27. The molecule has 0 bridgehead atoms.